The summed E-state index contributed by atoms with van der Waals surface area (Å²) in [6.45, 7) is 0.721. The van der Waals surface area contributed by atoms with E-state index in [1.54, 1.807) is 0 Å². The second-order valence-corrected chi connectivity index (χ2v) is 6.19. The summed E-state index contributed by atoms with van der Waals surface area (Å²) in [6.07, 6.45) is 7.47. The number of nitrogens with zero attached hydrogens (tertiary/aromatic N) is 2. The van der Waals surface area contributed by atoms with Crippen molar-refractivity contribution in [1.82, 2.24) is 9.97 Å². The number of nitrogens with one attached hydrogen (secondary N) is 3. The number of aromatic amines is 2. The smallest absolute Gasteiger partial charge is 0.0784 e. The van der Waals surface area contributed by atoms with Crippen LogP contribution in [0.2, 0.25) is 0 Å². The van der Waals surface area contributed by atoms with Gasteiger partial charge in [0.2, 0.25) is 0 Å². The van der Waals surface area contributed by atoms with E-state index in [0.717, 1.165) is 32.9 Å². The molecule has 6 heteroatoms. The fourth-order valence-electron chi connectivity index (χ4n) is 2.88. The third-order valence-electron chi connectivity index (χ3n) is 4.20. The third kappa shape index (κ3) is 4.51. The molecule has 2 heterocycles. The van der Waals surface area contributed by atoms with Crippen molar-refractivity contribution in [3.05, 3.63) is 72.1 Å². The molecule has 27 heavy (non-hydrogen) atoms. The molecule has 0 spiro atoms. The van der Waals surface area contributed by atoms with Gasteiger partial charge >= 0.3 is 0 Å². The van der Waals surface area contributed by atoms with Gasteiger partial charge < -0.3 is 15.4 Å². The number of hydrogen-bond acceptors (Lipinski definition) is 3. The predicted octanol–water partition coefficient (Wildman–Crippen LogP) is 4.63. The van der Waals surface area contributed by atoms with E-state index < -0.39 is 0 Å². The lowest BCUT2D eigenvalue weighted by molar-refractivity contribution is 1.17. The van der Waals surface area contributed by atoms with Gasteiger partial charge in [-0.05, 0) is 58.3 Å². The summed E-state index contributed by atoms with van der Waals surface area (Å²) in [6, 6.07) is 16.3. The summed E-state index contributed by atoms with van der Waals surface area (Å²) < 4.78 is 0. The first kappa shape index (κ1) is 18.6. The predicted molar refractivity (Wildman–Crippen MR) is 116 cm³/mol. The molecule has 0 saturated heterocycles. The van der Waals surface area contributed by atoms with Crippen LogP contribution in [0.15, 0.2) is 70.9 Å². The Balaban J connectivity index is 0.00000210. The van der Waals surface area contributed by atoms with Crippen LogP contribution in [0.4, 0.5) is 0 Å². The van der Waals surface area contributed by atoms with E-state index in [0.29, 0.717) is 18.8 Å². The topological polar surface area (TPSA) is 80.2 Å². The highest BCUT2D eigenvalue weighted by atomic mass is 35.5. The Bertz CT molecular complexity index is 1030. The van der Waals surface area contributed by atoms with Crippen molar-refractivity contribution in [3.8, 4) is 0 Å². The maximum absolute atomic E-state index is 8.00. The average Bonchev–Trinajstić information content (AvgIpc) is 3.29. The lowest BCUT2D eigenvalue weighted by Crippen LogP contribution is -2.06. The molecule has 0 fully saturated rings. The van der Waals surface area contributed by atoms with E-state index >= 15 is 0 Å². The fraction of sp³-hybridized carbons (Fsp3) is 0.0952. The lowest BCUT2D eigenvalue weighted by atomic mass is 10.2. The van der Waals surface area contributed by atoms with Gasteiger partial charge in [0.05, 0.1) is 18.8 Å². The molecule has 0 unspecified atom stereocenters. The molecule has 0 atom stereocenters. The Labute approximate surface area is 163 Å². The highest BCUT2D eigenvalue weighted by molar-refractivity contribution is 5.93. The first-order valence-electron chi connectivity index (χ1n) is 8.48. The van der Waals surface area contributed by atoms with Gasteiger partial charge in [-0.3, -0.25) is 9.98 Å². The number of rotatable bonds is 6. The molecule has 0 aliphatic rings. The number of aromatic nitrogens is 2. The SMILES string of the molecule is Cl.N=C(CN=Cc1ccc2[nH]ccc2c1)CN=Cc1ccc2[nH]ccc2c1. The Morgan fingerprint density at radius 3 is 1.74 bits per heavy atom. The molecule has 2 aromatic heterocycles. The Kier molecular flexibility index (Phi) is 5.84. The van der Waals surface area contributed by atoms with Gasteiger partial charge in [-0.25, -0.2) is 0 Å². The molecule has 0 aliphatic carbocycles. The van der Waals surface area contributed by atoms with Crippen molar-refractivity contribution in [3.63, 3.8) is 0 Å². The minimum Gasteiger partial charge on any atom is -0.361 e. The second kappa shape index (κ2) is 8.47. The van der Waals surface area contributed by atoms with Crippen LogP contribution in [-0.4, -0.2) is 41.2 Å². The maximum Gasteiger partial charge on any atom is 0.0784 e. The van der Waals surface area contributed by atoms with E-state index in [2.05, 4.69) is 32.1 Å². The monoisotopic (exact) mass is 377 g/mol. The molecule has 4 aromatic rings. The quantitative estimate of drug-likeness (QED) is 0.409. The van der Waals surface area contributed by atoms with Gasteiger partial charge in [0.1, 0.15) is 0 Å². The summed E-state index contributed by atoms with van der Waals surface area (Å²) in [5.41, 5.74) is 4.79. The van der Waals surface area contributed by atoms with Gasteiger partial charge in [-0.15, -0.1) is 12.4 Å². The third-order valence-corrected chi connectivity index (χ3v) is 4.20. The molecule has 2 aromatic carbocycles. The van der Waals surface area contributed by atoms with E-state index in [-0.39, 0.29) is 12.4 Å². The van der Waals surface area contributed by atoms with E-state index in [4.69, 9.17) is 5.41 Å². The van der Waals surface area contributed by atoms with Gasteiger partial charge in [0.15, 0.2) is 0 Å². The van der Waals surface area contributed by atoms with Crippen molar-refractivity contribution in [2.75, 3.05) is 13.1 Å². The molecule has 5 nitrogen and oxygen atoms in total. The van der Waals surface area contributed by atoms with Crippen molar-refractivity contribution in [2.24, 2.45) is 9.98 Å². The first-order valence-corrected chi connectivity index (χ1v) is 8.48. The van der Waals surface area contributed by atoms with Crippen LogP contribution in [0.1, 0.15) is 11.1 Å². The van der Waals surface area contributed by atoms with Crippen LogP contribution < -0.4 is 0 Å². The molecule has 0 bridgehead atoms. The lowest BCUT2D eigenvalue weighted by Gasteiger charge is -1.98. The Morgan fingerprint density at radius 1 is 0.778 bits per heavy atom. The van der Waals surface area contributed by atoms with Crippen LogP contribution in [0.25, 0.3) is 21.8 Å². The maximum atomic E-state index is 8.00. The molecular formula is C21H20ClN5. The van der Waals surface area contributed by atoms with E-state index in [1.165, 1.54) is 0 Å². The van der Waals surface area contributed by atoms with Crippen molar-refractivity contribution in [1.29, 1.82) is 5.41 Å². The summed E-state index contributed by atoms with van der Waals surface area (Å²) >= 11 is 0. The highest BCUT2D eigenvalue weighted by Crippen LogP contribution is 2.13. The average molecular weight is 378 g/mol. The molecule has 136 valence electrons. The Hall–Kier alpha value is -3.18. The number of benzene rings is 2. The molecule has 0 saturated carbocycles. The number of halogens is 1. The largest absolute Gasteiger partial charge is 0.361 e. The minimum atomic E-state index is 0. The number of hydrogen-bond donors (Lipinski definition) is 3. The van der Waals surface area contributed by atoms with Crippen molar-refractivity contribution < 1.29 is 0 Å². The number of aliphatic imine (C=N–C) groups is 2. The summed E-state index contributed by atoms with van der Waals surface area (Å²) in [7, 11) is 0. The number of fused-ring (bicyclic) bond motifs is 2. The summed E-state index contributed by atoms with van der Waals surface area (Å²) in [4.78, 5) is 15.0. The molecule has 3 N–H and O–H groups in total. The zero-order chi connectivity index (χ0) is 17.8. The fourth-order valence-corrected chi connectivity index (χ4v) is 2.88. The van der Waals surface area contributed by atoms with Crippen molar-refractivity contribution in [2.45, 2.75) is 0 Å². The molecule has 0 aliphatic heterocycles. The Morgan fingerprint density at radius 2 is 1.26 bits per heavy atom. The molecule has 0 amide bonds. The number of H-pyrrole nitrogens is 2. The molecule has 4 rings (SSSR count). The van der Waals surface area contributed by atoms with Gasteiger partial charge in [0.25, 0.3) is 0 Å². The minimum absolute atomic E-state index is 0. The zero-order valence-corrected chi connectivity index (χ0v) is 15.5. The second-order valence-electron chi connectivity index (χ2n) is 6.19. The van der Waals surface area contributed by atoms with Crippen molar-refractivity contribution >= 4 is 52.4 Å². The van der Waals surface area contributed by atoms with E-state index in [9.17, 15) is 0 Å². The summed E-state index contributed by atoms with van der Waals surface area (Å²) in [5, 5.41) is 10.3. The highest BCUT2D eigenvalue weighted by Gasteiger charge is 1.97. The summed E-state index contributed by atoms with van der Waals surface area (Å²) in [5.74, 6) is 0. The van der Waals surface area contributed by atoms with Crippen LogP contribution in [-0.2, 0) is 0 Å². The zero-order valence-electron chi connectivity index (χ0n) is 14.6. The standard InChI is InChI=1S/C21H19N5.ClH/c22-19(13-23-11-15-1-3-20-17(9-15)5-7-25-20)14-24-12-16-2-4-21-18(10-16)6-8-26-21;/h1-12,22,25-26H,13-14H2;1H. The van der Waals surface area contributed by atoms with Crippen LogP contribution in [0.5, 0.6) is 0 Å². The van der Waals surface area contributed by atoms with Gasteiger partial charge in [-0.2, -0.15) is 0 Å². The van der Waals surface area contributed by atoms with Gasteiger partial charge in [0, 0.05) is 35.9 Å². The van der Waals surface area contributed by atoms with E-state index in [1.807, 2.05) is 61.2 Å². The normalized spacial score (nSPS) is 11.6. The first-order chi connectivity index (χ1) is 12.8. The molecular weight excluding hydrogens is 358 g/mol. The van der Waals surface area contributed by atoms with Crippen LogP contribution in [0.3, 0.4) is 0 Å². The van der Waals surface area contributed by atoms with Crippen LogP contribution >= 0.6 is 12.4 Å². The van der Waals surface area contributed by atoms with Gasteiger partial charge in [-0.1, -0.05) is 12.1 Å². The van der Waals surface area contributed by atoms with Crippen LogP contribution in [0, 0.1) is 5.41 Å². The molecule has 0 radical (unpaired) electrons.